The van der Waals surface area contributed by atoms with Crippen LogP contribution >= 0.6 is 0 Å². The largest absolute Gasteiger partial charge is 0.300 e. The molecule has 3 heteroatoms. The molecule has 22 heavy (non-hydrogen) atoms. The zero-order chi connectivity index (χ0) is 15.9. The van der Waals surface area contributed by atoms with Crippen molar-refractivity contribution in [1.82, 2.24) is 9.80 Å². The molecule has 2 rings (SSSR count). The predicted molar refractivity (Wildman–Crippen MR) is 91.4 cm³/mol. The van der Waals surface area contributed by atoms with Crippen molar-refractivity contribution < 1.29 is 0 Å². The van der Waals surface area contributed by atoms with Crippen molar-refractivity contribution in [3.63, 3.8) is 0 Å². The molecule has 1 aliphatic heterocycles. The number of rotatable bonds is 6. The van der Waals surface area contributed by atoms with Crippen molar-refractivity contribution in [3.05, 3.63) is 35.4 Å². The maximum Gasteiger partial charge on any atom is 0.123 e. The quantitative estimate of drug-likeness (QED) is 0.800. The van der Waals surface area contributed by atoms with Gasteiger partial charge in [0.2, 0.25) is 0 Å². The van der Waals surface area contributed by atoms with E-state index in [0.717, 1.165) is 44.2 Å². The monoisotopic (exact) mass is 299 g/mol. The van der Waals surface area contributed by atoms with Gasteiger partial charge in [-0.1, -0.05) is 45.0 Å². The maximum absolute atomic E-state index is 9.59. The molecule has 1 fully saturated rings. The number of nitriles is 1. The lowest BCUT2D eigenvalue weighted by molar-refractivity contribution is 0.165. The second-order valence-corrected chi connectivity index (χ2v) is 6.45. The van der Waals surface area contributed by atoms with E-state index in [1.165, 1.54) is 18.4 Å². The van der Waals surface area contributed by atoms with Gasteiger partial charge in [0.25, 0.3) is 0 Å². The number of hydrogen-bond acceptors (Lipinski definition) is 3. The molecule has 3 nitrogen and oxygen atoms in total. The first-order valence-electron chi connectivity index (χ1n) is 8.62. The van der Waals surface area contributed by atoms with Crippen LogP contribution in [-0.2, 0) is 6.54 Å². The summed E-state index contributed by atoms with van der Waals surface area (Å²) in [4.78, 5) is 4.74. The molecule has 1 aromatic carbocycles. The van der Waals surface area contributed by atoms with Gasteiger partial charge in [-0.15, -0.1) is 0 Å². The molecule has 0 N–H and O–H groups in total. The molecular weight excluding hydrogens is 270 g/mol. The SMILES string of the molecule is CCN(CC)Cc1ccc(C(C#N)N2CCC(C)CC2)cc1. The van der Waals surface area contributed by atoms with Gasteiger partial charge in [-0.3, -0.25) is 9.80 Å². The van der Waals surface area contributed by atoms with Crippen molar-refractivity contribution in [3.8, 4) is 6.07 Å². The number of piperidine rings is 1. The first kappa shape index (κ1) is 17.0. The summed E-state index contributed by atoms with van der Waals surface area (Å²) in [5.74, 6) is 0.798. The molecule has 0 radical (unpaired) electrons. The Morgan fingerprint density at radius 1 is 1.18 bits per heavy atom. The highest BCUT2D eigenvalue weighted by molar-refractivity contribution is 5.28. The van der Waals surface area contributed by atoms with Crippen molar-refractivity contribution in [2.75, 3.05) is 26.2 Å². The average Bonchev–Trinajstić information content (AvgIpc) is 2.56. The molecule has 1 aliphatic rings. The zero-order valence-corrected chi connectivity index (χ0v) is 14.3. The molecule has 1 aromatic rings. The summed E-state index contributed by atoms with van der Waals surface area (Å²) in [6, 6.07) is 11.1. The highest BCUT2D eigenvalue weighted by Gasteiger charge is 2.24. The Kier molecular flexibility index (Phi) is 6.42. The summed E-state index contributed by atoms with van der Waals surface area (Å²) >= 11 is 0. The Hall–Kier alpha value is -1.37. The molecule has 0 spiro atoms. The zero-order valence-electron chi connectivity index (χ0n) is 14.3. The lowest BCUT2D eigenvalue weighted by atomic mass is 9.96. The minimum absolute atomic E-state index is 0.0880. The molecule has 1 saturated heterocycles. The van der Waals surface area contributed by atoms with Crippen LogP contribution in [0.15, 0.2) is 24.3 Å². The van der Waals surface area contributed by atoms with Crippen LogP contribution in [0, 0.1) is 17.2 Å². The molecule has 1 unspecified atom stereocenters. The van der Waals surface area contributed by atoms with Gasteiger partial charge in [-0.05, 0) is 56.1 Å². The van der Waals surface area contributed by atoms with Gasteiger partial charge in [-0.2, -0.15) is 5.26 Å². The van der Waals surface area contributed by atoms with Crippen molar-refractivity contribution in [2.45, 2.75) is 46.2 Å². The van der Waals surface area contributed by atoms with E-state index < -0.39 is 0 Å². The minimum atomic E-state index is -0.0880. The van der Waals surface area contributed by atoms with E-state index in [-0.39, 0.29) is 6.04 Å². The molecule has 0 bridgehead atoms. The van der Waals surface area contributed by atoms with Gasteiger partial charge < -0.3 is 0 Å². The van der Waals surface area contributed by atoms with Crippen LogP contribution in [-0.4, -0.2) is 36.0 Å². The Morgan fingerprint density at radius 2 is 1.77 bits per heavy atom. The van der Waals surface area contributed by atoms with Gasteiger partial charge in [0.05, 0.1) is 6.07 Å². The third-order valence-electron chi connectivity index (χ3n) is 4.90. The first-order chi connectivity index (χ1) is 10.7. The summed E-state index contributed by atoms with van der Waals surface area (Å²) < 4.78 is 0. The molecule has 120 valence electrons. The standard InChI is InChI=1S/C19H29N3/c1-4-21(5-2)15-17-6-8-18(9-7-17)19(14-20)22-12-10-16(3)11-13-22/h6-9,16,19H,4-5,10-13,15H2,1-3H3. The van der Waals surface area contributed by atoms with Gasteiger partial charge in [0.15, 0.2) is 0 Å². The van der Waals surface area contributed by atoms with Crippen LogP contribution in [0.4, 0.5) is 0 Å². The van der Waals surface area contributed by atoms with Crippen LogP contribution in [0.5, 0.6) is 0 Å². The fourth-order valence-corrected chi connectivity index (χ4v) is 3.16. The summed E-state index contributed by atoms with van der Waals surface area (Å²) in [6.45, 7) is 11.9. The number of likely N-dealkylation sites (tertiary alicyclic amines) is 1. The number of hydrogen-bond donors (Lipinski definition) is 0. The Morgan fingerprint density at radius 3 is 2.27 bits per heavy atom. The Labute approximate surface area is 135 Å². The van der Waals surface area contributed by atoms with Crippen LogP contribution in [0.3, 0.4) is 0 Å². The highest BCUT2D eigenvalue weighted by Crippen LogP contribution is 2.26. The first-order valence-corrected chi connectivity index (χ1v) is 8.62. The third kappa shape index (κ3) is 4.32. The van der Waals surface area contributed by atoms with Gasteiger partial charge >= 0.3 is 0 Å². The third-order valence-corrected chi connectivity index (χ3v) is 4.90. The lowest BCUT2D eigenvalue weighted by Crippen LogP contribution is -2.35. The van der Waals surface area contributed by atoms with E-state index in [1.807, 2.05) is 0 Å². The van der Waals surface area contributed by atoms with E-state index in [4.69, 9.17) is 0 Å². The van der Waals surface area contributed by atoms with Crippen molar-refractivity contribution in [1.29, 1.82) is 5.26 Å². The topological polar surface area (TPSA) is 30.3 Å². The van der Waals surface area contributed by atoms with E-state index >= 15 is 0 Å². The van der Waals surface area contributed by atoms with Crippen LogP contribution < -0.4 is 0 Å². The average molecular weight is 299 g/mol. The number of benzene rings is 1. The molecule has 0 aliphatic carbocycles. The predicted octanol–water partition coefficient (Wildman–Crippen LogP) is 3.82. The second-order valence-electron chi connectivity index (χ2n) is 6.45. The van der Waals surface area contributed by atoms with Crippen LogP contribution in [0.1, 0.15) is 50.8 Å². The molecular formula is C19H29N3. The summed E-state index contributed by atoms with van der Waals surface area (Å²) in [7, 11) is 0. The van der Waals surface area contributed by atoms with Crippen molar-refractivity contribution in [2.24, 2.45) is 5.92 Å². The minimum Gasteiger partial charge on any atom is -0.300 e. The van der Waals surface area contributed by atoms with Crippen LogP contribution in [0.25, 0.3) is 0 Å². The fraction of sp³-hybridized carbons (Fsp3) is 0.632. The lowest BCUT2D eigenvalue weighted by Gasteiger charge is -2.33. The molecule has 0 amide bonds. The normalized spacial score (nSPS) is 18.3. The van der Waals surface area contributed by atoms with Gasteiger partial charge in [-0.25, -0.2) is 0 Å². The molecule has 1 atom stereocenters. The second kappa shape index (κ2) is 8.31. The van der Waals surface area contributed by atoms with Crippen molar-refractivity contribution >= 4 is 0 Å². The Bertz CT molecular complexity index is 476. The smallest absolute Gasteiger partial charge is 0.123 e. The van der Waals surface area contributed by atoms with E-state index in [1.54, 1.807) is 0 Å². The van der Waals surface area contributed by atoms with Gasteiger partial charge in [0.1, 0.15) is 6.04 Å². The maximum atomic E-state index is 9.59. The Balaban J connectivity index is 2.03. The molecule has 0 aromatic heterocycles. The summed E-state index contributed by atoms with van der Waals surface area (Å²) in [6.07, 6.45) is 2.41. The summed E-state index contributed by atoms with van der Waals surface area (Å²) in [5, 5.41) is 9.59. The fourth-order valence-electron chi connectivity index (χ4n) is 3.16. The summed E-state index contributed by atoms with van der Waals surface area (Å²) in [5.41, 5.74) is 2.47. The highest BCUT2D eigenvalue weighted by atomic mass is 15.2. The van der Waals surface area contributed by atoms with E-state index in [2.05, 4.69) is 60.9 Å². The van der Waals surface area contributed by atoms with Gasteiger partial charge in [0, 0.05) is 6.54 Å². The van der Waals surface area contributed by atoms with E-state index in [0.29, 0.717) is 0 Å². The van der Waals surface area contributed by atoms with E-state index in [9.17, 15) is 5.26 Å². The molecule has 1 heterocycles. The number of nitrogens with zero attached hydrogens (tertiary/aromatic N) is 3. The van der Waals surface area contributed by atoms with Crippen LogP contribution in [0.2, 0.25) is 0 Å². The molecule has 0 saturated carbocycles.